The number of hydrogen-bond acceptors (Lipinski definition) is 1. The standard InChI is InChI=1S/C3H6BBrO/c1-2(4)3(5)6/h2H,4H2,1H3. The van der Waals surface area contributed by atoms with Crippen molar-refractivity contribution in [1.29, 1.82) is 0 Å². The lowest BCUT2D eigenvalue weighted by Gasteiger charge is -1.88. The molecule has 34 valence electrons. The number of rotatable bonds is 1. The molecule has 0 rings (SSSR count). The average molecular weight is 149 g/mol. The van der Waals surface area contributed by atoms with Crippen LogP contribution in [0.2, 0.25) is 5.82 Å². The van der Waals surface area contributed by atoms with E-state index in [9.17, 15) is 4.79 Å². The monoisotopic (exact) mass is 148 g/mol. The summed E-state index contributed by atoms with van der Waals surface area (Å²) in [4.78, 5) is 10.1. The van der Waals surface area contributed by atoms with E-state index in [1.165, 1.54) is 0 Å². The maximum atomic E-state index is 10.1. The highest BCUT2D eigenvalue weighted by Gasteiger charge is 1.98. The molecule has 6 heavy (non-hydrogen) atoms. The molecule has 0 amide bonds. The predicted octanol–water partition coefficient (Wildman–Crippen LogP) is 0.349. The molecule has 0 aromatic rings. The summed E-state index contributed by atoms with van der Waals surface area (Å²) in [5.41, 5.74) is 0. The number of halogens is 1. The van der Waals surface area contributed by atoms with Gasteiger partial charge in [0.1, 0.15) is 7.85 Å². The van der Waals surface area contributed by atoms with E-state index in [4.69, 9.17) is 0 Å². The Morgan fingerprint density at radius 2 is 2.17 bits per heavy atom. The zero-order valence-corrected chi connectivity index (χ0v) is 5.45. The van der Waals surface area contributed by atoms with Gasteiger partial charge in [-0.25, -0.2) is 0 Å². The van der Waals surface area contributed by atoms with Crippen molar-refractivity contribution in [3.63, 3.8) is 0 Å². The molecule has 0 aromatic carbocycles. The van der Waals surface area contributed by atoms with Crippen molar-refractivity contribution in [2.75, 3.05) is 0 Å². The van der Waals surface area contributed by atoms with Crippen LogP contribution in [0.25, 0.3) is 0 Å². The van der Waals surface area contributed by atoms with Gasteiger partial charge in [-0.3, -0.25) is 4.79 Å². The Bertz CT molecular complexity index is 61.8. The lowest BCUT2D eigenvalue weighted by Crippen LogP contribution is -1.92. The number of carbonyl (C=O) groups is 1. The molecule has 0 fully saturated rings. The highest BCUT2D eigenvalue weighted by atomic mass is 79.9. The van der Waals surface area contributed by atoms with Crippen molar-refractivity contribution in [1.82, 2.24) is 0 Å². The Balaban J connectivity index is 3.26. The summed E-state index contributed by atoms with van der Waals surface area (Å²) in [5.74, 6) is 0.130. The van der Waals surface area contributed by atoms with Crippen molar-refractivity contribution in [2.24, 2.45) is 0 Å². The fourth-order valence-corrected chi connectivity index (χ4v) is 0. The van der Waals surface area contributed by atoms with E-state index in [0.29, 0.717) is 0 Å². The first-order chi connectivity index (χ1) is 2.64. The number of hydrogen-bond donors (Lipinski definition) is 0. The third-order valence-electron chi connectivity index (χ3n) is 0.454. The van der Waals surface area contributed by atoms with Crippen LogP contribution < -0.4 is 0 Å². The van der Waals surface area contributed by atoms with Gasteiger partial charge >= 0.3 is 0 Å². The molecule has 0 aliphatic rings. The van der Waals surface area contributed by atoms with Crippen LogP contribution in [0, 0.1) is 0 Å². The quantitative estimate of drug-likeness (QED) is 0.388. The van der Waals surface area contributed by atoms with Gasteiger partial charge in [0.05, 0.1) is 0 Å². The zero-order chi connectivity index (χ0) is 5.15. The van der Waals surface area contributed by atoms with E-state index in [-0.39, 0.29) is 10.5 Å². The summed E-state index contributed by atoms with van der Waals surface area (Å²) in [6, 6.07) is 0. The van der Waals surface area contributed by atoms with Gasteiger partial charge in [-0.15, -0.1) is 0 Å². The molecule has 0 aliphatic carbocycles. The molecule has 3 heteroatoms. The molecule has 0 saturated carbocycles. The maximum absolute atomic E-state index is 10.1. The first-order valence-corrected chi connectivity index (χ1v) is 2.63. The molecule has 0 radical (unpaired) electrons. The van der Waals surface area contributed by atoms with Gasteiger partial charge < -0.3 is 0 Å². The van der Waals surface area contributed by atoms with Gasteiger partial charge in [0.15, 0.2) is 4.69 Å². The summed E-state index contributed by atoms with van der Waals surface area (Å²) < 4.78 is 0.0718. The largest absolute Gasteiger partial charge is 0.287 e. The van der Waals surface area contributed by atoms with Crippen LogP contribution in [0.4, 0.5) is 0 Å². The molecular formula is C3H6BBrO. The Labute approximate surface area is 46.6 Å². The van der Waals surface area contributed by atoms with E-state index in [0.717, 1.165) is 0 Å². The molecule has 0 spiro atoms. The van der Waals surface area contributed by atoms with Crippen LogP contribution in [-0.4, -0.2) is 12.5 Å². The smallest absolute Gasteiger partial charge is 0.192 e. The van der Waals surface area contributed by atoms with E-state index < -0.39 is 0 Å². The molecule has 1 unspecified atom stereocenters. The van der Waals surface area contributed by atoms with Crippen LogP contribution in [0.15, 0.2) is 0 Å². The van der Waals surface area contributed by atoms with Crippen LogP contribution in [0.5, 0.6) is 0 Å². The minimum atomic E-state index is 0.0718. The van der Waals surface area contributed by atoms with Gasteiger partial charge in [0.2, 0.25) is 0 Å². The van der Waals surface area contributed by atoms with Gasteiger partial charge in [0, 0.05) is 0 Å². The maximum Gasteiger partial charge on any atom is 0.192 e. The lowest BCUT2D eigenvalue weighted by molar-refractivity contribution is -0.110. The van der Waals surface area contributed by atoms with Gasteiger partial charge in [-0.1, -0.05) is 6.92 Å². The van der Waals surface area contributed by atoms with E-state index in [1.54, 1.807) is 0 Å². The van der Waals surface area contributed by atoms with Gasteiger partial charge in [-0.05, 0) is 21.7 Å². The van der Waals surface area contributed by atoms with Crippen molar-refractivity contribution in [3.05, 3.63) is 0 Å². The second-order valence-electron chi connectivity index (χ2n) is 1.46. The second kappa shape index (κ2) is 2.40. The third kappa shape index (κ3) is 2.45. The van der Waals surface area contributed by atoms with Crippen LogP contribution >= 0.6 is 15.9 Å². The fourth-order valence-electron chi connectivity index (χ4n) is 0. The normalized spacial score (nSPS) is 13.7. The summed E-state index contributed by atoms with van der Waals surface area (Å²) in [6.07, 6.45) is 0. The fraction of sp³-hybridized carbons (Fsp3) is 0.667. The molecule has 0 saturated heterocycles. The molecule has 0 N–H and O–H groups in total. The minimum Gasteiger partial charge on any atom is -0.287 e. The predicted molar refractivity (Wildman–Crippen MR) is 31.9 cm³/mol. The highest BCUT2D eigenvalue weighted by Crippen LogP contribution is 2.01. The third-order valence-corrected chi connectivity index (χ3v) is 1.37. The molecule has 0 aromatic heterocycles. The van der Waals surface area contributed by atoms with Crippen LogP contribution in [0.3, 0.4) is 0 Å². The minimum absolute atomic E-state index is 0.0718. The molecular weight excluding hydrogens is 143 g/mol. The Hall–Kier alpha value is 0.215. The Morgan fingerprint density at radius 1 is 2.00 bits per heavy atom. The van der Waals surface area contributed by atoms with Gasteiger partial charge in [0.25, 0.3) is 0 Å². The lowest BCUT2D eigenvalue weighted by atomic mass is 9.92. The van der Waals surface area contributed by atoms with E-state index in [2.05, 4.69) is 15.9 Å². The summed E-state index contributed by atoms with van der Waals surface area (Å²) in [6.45, 7) is 1.84. The van der Waals surface area contributed by atoms with Crippen molar-refractivity contribution in [3.8, 4) is 0 Å². The van der Waals surface area contributed by atoms with Gasteiger partial charge in [-0.2, -0.15) is 0 Å². The Morgan fingerprint density at radius 3 is 2.17 bits per heavy atom. The Kier molecular flexibility index (Phi) is 2.48. The highest BCUT2D eigenvalue weighted by molar-refractivity contribution is 9.18. The first-order valence-electron chi connectivity index (χ1n) is 1.84. The van der Waals surface area contributed by atoms with Crippen molar-refractivity contribution in [2.45, 2.75) is 12.7 Å². The molecule has 1 atom stereocenters. The van der Waals surface area contributed by atoms with E-state index in [1.807, 2.05) is 14.8 Å². The van der Waals surface area contributed by atoms with E-state index >= 15 is 0 Å². The van der Waals surface area contributed by atoms with Crippen LogP contribution in [0.1, 0.15) is 6.92 Å². The van der Waals surface area contributed by atoms with Crippen molar-refractivity contribution >= 4 is 28.5 Å². The molecule has 1 nitrogen and oxygen atoms in total. The summed E-state index contributed by atoms with van der Waals surface area (Å²) in [7, 11) is 1.84. The van der Waals surface area contributed by atoms with Crippen LogP contribution in [-0.2, 0) is 4.79 Å². The first kappa shape index (κ1) is 6.21. The molecule has 0 heterocycles. The second-order valence-corrected chi connectivity index (χ2v) is 2.24. The topological polar surface area (TPSA) is 17.1 Å². The zero-order valence-electron chi connectivity index (χ0n) is 3.86. The number of carbonyl (C=O) groups excluding carboxylic acids is 1. The summed E-state index contributed by atoms with van der Waals surface area (Å²) in [5, 5.41) is 0. The van der Waals surface area contributed by atoms with Crippen molar-refractivity contribution < 1.29 is 4.79 Å². The molecule has 0 aliphatic heterocycles. The molecule has 0 bridgehead atoms. The SMILES string of the molecule is BC(C)C(=O)Br. The summed E-state index contributed by atoms with van der Waals surface area (Å²) >= 11 is 2.80. The average Bonchev–Trinajstić information content (AvgIpc) is 1.36.